The molecule has 0 aliphatic rings. The van der Waals surface area contributed by atoms with Gasteiger partial charge in [-0.15, -0.1) is 0 Å². The van der Waals surface area contributed by atoms with E-state index in [1.54, 1.807) is 6.21 Å². The van der Waals surface area contributed by atoms with Gasteiger partial charge in [0.05, 0.1) is 12.8 Å². The zero-order valence-electron chi connectivity index (χ0n) is 16.5. The quantitative estimate of drug-likeness (QED) is 0.285. The lowest BCUT2D eigenvalue weighted by atomic mass is 10.2. The second-order valence-corrected chi connectivity index (χ2v) is 7.39. The number of nitrogens with one attached hydrogen (secondary N) is 2. The molecule has 0 fully saturated rings. The lowest BCUT2D eigenvalue weighted by molar-refractivity contribution is -0.121. The zero-order chi connectivity index (χ0) is 20.9. The summed E-state index contributed by atoms with van der Waals surface area (Å²) in [5.74, 6) is 0.470. The Morgan fingerprint density at radius 2 is 1.83 bits per heavy atom. The monoisotopic (exact) mass is 459 g/mol. The number of amides is 2. The number of nitrogens with zero attached hydrogens (tertiary/aromatic N) is 1. The third-order valence-corrected chi connectivity index (χ3v) is 4.46. The van der Waals surface area contributed by atoms with Crippen LogP contribution in [0.2, 0.25) is 0 Å². The van der Waals surface area contributed by atoms with Crippen molar-refractivity contribution in [3.63, 3.8) is 0 Å². The summed E-state index contributed by atoms with van der Waals surface area (Å²) in [5.41, 5.74) is 4.06. The molecule has 2 aromatic carbocycles. The molecule has 0 saturated carbocycles. The minimum Gasteiger partial charge on any atom is -0.494 e. The smallest absolute Gasteiger partial charge is 0.240 e. The summed E-state index contributed by atoms with van der Waals surface area (Å²) < 4.78 is 6.50. The molecule has 2 aromatic rings. The molecule has 154 valence electrons. The van der Waals surface area contributed by atoms with Crippen LogP contribution >= 0.6 is 15.9 Å². The van der Waals surface area contributed by atoms with Crippen molar-refractivity contribution in [2.24, 2.45) is 5.10 Å². The van der Waals surface area contributed by atoms with Gasteiger partial charge in [-0.1, -0.05) is 35.3 Å². The highest BCUT2D eigenvalue weighted by Gasteiger charge is 2.05. The molecule has 0 aromatic heterocycles. The fourth-order valence-electron chi connectivity index (χ4n) is 2.42. The van der Waals surface area contributed by atoms with E-state index in [0.717, 1.165) is 34.3 Å². The predicted octanol–water partition coefficient (Wildman–Crippen LogP) is 4.89. The van der Waals surface area contributed by atoms with Crippen LogP contribution in [0.5, 0.6) is 5.75 Å². The number of ether oxygens (including phenoxy) is 1. The standard InChI is InChI=1S/C22H26BrN3O3/c1-2-3-14-29-20-12-10-17(11-13-20)16-24-26-22(28)9-5-8-21(27)25-19-7-4-6-18(23)15-19/h4,6-7,10-13,15-16H,2-3,5,8-9,14H2,1H3,(H,25,27)(H,26,28)/b24-16-. The zero-order valence-corrected chi connectivity index (χ0v) is 18.1. The van der Waals surface area contributed by atoms with Crippen LogP contribution in [-0.2, 0) is 9.59 Å². The molecule has 0 aliphatic carbocycles. The van der Waals surface area contributed by atoms with Crippen molar-refractivity contribution in [1.29, 1.82) is 0 Å². The van der Waals surface area contributed by atoms with Crippen molar-refractivity contribution in [1.82, 2.24) is 5.43 Å². The second kappa shape index (κ2) is 12.7. The topological polar surface area (TPSA) is 79.8 Å². The van der Waals surface area contributed by atoms with Gasteiger partial charge in [0.1, 0.15) is 5.75 Å². The van der Waals surface area contributed by atoms with E-state index in [1.807, 2.05) is 48.5 Å². The van der Waals surface area contributed by atoms with Gasteiger partial charge in [0.15, 0.2) is 0 Å². The molecule has 0 heterocycles. The summed E-state index contributed by atoms with van der Waals surface area (Å²) in [4.78, 5) is 23.8. The number of hydrogen-bond donors (Lipinski definition) is 2. The normalized spacial score (nSPS) is 10.7. The number of rotatable bonds is 11. The van der Waals surface area contributed by atoms with E-state index < -0.39 is 0 Å². The minimum absolute atomic E-state index is 0.124. The van der Waals surface area contributed by atoms with Crippen LogP contribution in [0.4, 0.5) is 5.69 Å². The Hall–Kier alpha value is -2.67. The highest BCUT2D eigenvalue weighted by atomic mass is 79.9. The summed E-state index contributed by atoms with van der Waals surface area (Å²) in [6.45, 7) is 2.83. The van der Waals surface area contributed by atoms with Crippen LogP contribution in [0.15, 0.2) is 58.1 Å². The van der Waals surface area contributed by atoms with Crippen LogP contribution in [-0.4, -0.2) is 24.6 Å². The number of carbonyl (C=O) groups is 2. The molecule has 0 saturated heterocycles. The predicted molar refractivity (Wildman–Crippen MR) is 119 cm³/mol. The molecule has 2 amide bonds. The van der Waals surface area contributed by atoms with Gasteiger partial charge in [-0.3, -0.25) is 9.59 Å². The highest BCUT2D eigenvalue weighted by molar-refractivity contribution is 9.10. The van der Waals surface area contributed by atoms with Crippen molar-refractivity contribution in [2.45, 2.75) is 39.0 Å². The molecule has 0 bridgehead atoms. The van der Waals surface area contributed by atoms with E-state index in [1.165, 1.54) is 0 Å². The SMILES string of the molecule is CCCCOc1ccc(/C=N\NC(=O)CCCC(=O)Nc2cccc(Br)c2)cc1. The fourth-order valence-corrected chi connectivity index (χ4v) is 2.82. The second-order valence-electron chi connectivity index (χ2n) is 6.48. The molecule has 0 spiro atoms. The van der Waals surface area contributed by atoms with Gasteiger partial charge in [-0.2, -0.15) is 5.10 Å². The van der Waals surface area contributed by atoms with E-state index >= 15 is 0 Å². The van der Waals surface area contributed by atoms with Crippen molar-refractivity contribution < 1.29 is 14.3 Å². The molecule has 0 aliphatic heterocycles. The lowest BCUT2D eigenvalue weighted by Crippen LogP contribution is -2.18. The van der Waals surface area contributed by atoms with Crippen LogP contribution in [0.1, 0.15) is 44.6 Å². The maximum absolute atomic E-state index is 11.9. The molecule has 29 heavy (non-hydrogen) atoms. The molecule has 2 N–H and O–H groups in total. The number of benzene rings is 2. The number of carbonyl (C=O) groups excluding carboxylic acids is 2. The summed E-state index contributed by atoms with van der Waals surface area (Å²) in [6.07, 6.45) is 4.65. The van der Waals surface area contributed by atoms with Gasteiger partial charge < -0.3 is 10.1 Å². The Morgan fingerprint density at radius 1 is 1.07 bits per heavy atom. The van der Waals surface area contributed by atoms with Crippen LogP contribution < -0.4 is 15.5 Å². The first-order chi connectivity index (χ1) is 14.1. The van der Waals surface area contributed by atoms with Gasteiger partial charge in [0, 0.05) is 23.0 Å². The van der Waals surface area contributed by atoms with Gasteiger partial charge in [0.25, 0.3) is 0 Å². The average molecular weight is 460 g/mol. The van der Waals surface area contributed by atoms with Crippen molar-refractivity contribution in [3.8, 4) is 5.75 Å². The third kappa shape index (κ3) is 9.38. The summed E-state index contributed by atoms with van der Waals surface area (Å²) in [5, 5.41) is 6.75. The summed E-state index contributed by atoms with van der Waals surface area (Å²) in [6, 6.07) is 14.9. The molecule has 7 heteroatoms. The molecule has 0 atom stereocenters. The molecule has 0 unspecified atom stereocenters. The molecule has 6 nitrogen and oxygen atoms in total. The van der Waals surface area contributed by atoms with Crippen molar-refractivity contribution in [2.75, 3.05) is 11.9 Å². The van der Waals surface area contributed by atoms with Crippen molar-refractivity contribution >= 4 is 39.6 Å². The lowest BCUT2D eigenvalue weighted by Gasteiger charge is -2.05. The summed E-state index contributed by atoms with van der Waals surface area (Å²) in [7, 11) is 0. The molecular formula is C22H26BrN3O3. The molecule has 0 radical (unpaired) electrons. The highest BCUT2D eigenvalue weighted by Crippen LogP contribution is 2.16. The maximum Gasteiger partial charge on any atom is 0.240 e. The molecule has 2 rings (SSSR count). The first-order valence-electron chi connectivity index (χ1n) is 9.67. The van der Waals surface area contributed by atoms with Gasteiger partial charge in [-0.25, -0.2) is 5.43 Å². The van der Waals surface area contributed by atoms with E-state index in [-0.39, 0.29) is 24.7 Å². The number of unbranched alkanes of at least 4 members (excludes halogenated alkanes) is 1. The Labute approximate surface area is 179 Å². The van der Waals surface area contributed by atoms with E-state index in [9.17, 15) is 9.59 Å². The van der Waals surface area contributed by atoms with Crippen LogP contribution in [0.25, 0.3) is 0 Å². The largest absolute Gasteiger partial charge is 0.494 e. The van der Waals surface area contributed by atoms with Gasteiger partial charge in [0.2, 0.25) is 11.8 Å². The average Bonchev–Trinajstić information content (AvgIpc) is 2.69. The van der Waals surface area contributed by atoms with Crippen molar-refractivity contribution in [3.05, 3.63) is 58.6 Å². The minimum atomic E-state index is -0.226. The van der Waals surface area contributed by atoms with Crippen LogP contribution in [0, 0.1) is 0 Å². The Morgan fingerprint density at radius 3 is 2.55 bits per heavy atom. The number of hydrogen-bond acceptors (Lipinski definition) is 4. The Bertz CT molecular complexity index is 822. The fraction of sp³-hybridized carbons (Fsp3) is 0.318. The van der Waals surface area contributed by atoms with E-state index in [0.29, 0.717) is 13.0 Å². The van der Waals surface area contributed by atoms with Crippen LogP contribution in [0.3, 0.4) is 0 Å². The summed E-state index contributed by atoms with van der Waals surface area (Å²) >= 11 is 3.36. The number of anilines is 1. The first kappa shape index (κ1) is 22.6. The maximum atomic E-state index is 11.9. The van der Waals surface area contributed by atoms with E-state index in [4.69, 9.17) is 4.74 Å². The van der Waals surface area contributed by atoms with E-state index in [2.05, 4.69) is 38.7 Å². The van der Waals surface area contributed by atoms with Gasteiger partial charge in [-0.05, 0) is 60.9 Å². The number of halogens is 1. The third-order valence-electron chi connectivity index (χ3n) is 3.97. The first-order valence-corrected chi connectivity index (χ1v) is 10.5. The molecular weight excluding hydrogens is 434 g/mol. The van der Waals surface area contributed by atoms with Gasteiger partial charge >= 0.3 is 0 Å². The Balaban J connectivity index is 1.64. The Kier molecular flexibility index (Phi) is 9.92. The number of hydrazone groups is 1.